The van der Waals surface area contributed by atoms with Gasteiger partial charge >= 0.3 is 0 Å². The summed E-state index contributed by atoms with van der Waals surface area (Å²) in [5, 5.41) is 1.43. The minimum atomic E-state index is 0.574. The molecule has 2 rings (SSSR count). The van der Waals surface area contributed by atoms with Crippen LogP contribution in [-0.2, 0) is 0 Å². The fourth-order valence-electron chi connectivity index (χ4n) is 1.60. The molecule has 0 fully saturated rings. The molecule has 1 aromatic heterocycles. The van der Waals surface area contributed by atoms with Crippen LogP contribution in [0, 0.1) is 13.8 Å². The average molecular weight is 295 g/mol. The standard InChI is InChI=1S/C14H15ClN2OS/c1-10-9-11(2)17-14(16-10)19-8-7-18-13-6-4-3-5-12(13)15/h3-6,9H,7-8H2,1-2H3. The summed E-state index contributed by atoms with van der Waals surface area (Å²) in [5.74, 6) is 1.50. The Bertz CT molecular complexity index is 543. The SMILES string of the molecule is Cc1cc(C)nc(SCCOc2ccccc2Cl)n1. The van der Waals surface area contributed by atoms with Gasteiger partial charge in [0.25, 0.3) is 0 Å². The Morgan fingerprint density at radius 3 is 2.53 bits per heavy atom. The first-order valence-electron chi connectivity index (χ1n) is 5.97. The Morgan fingerprint density at radius 2 is 1.84 bits per heavy atom. The molecule has 0 amide bonds. The first-order valence-corrected chi connectivity index (χ1v) is 7.34. The molecule has 0 aliphatic carbocycles. The molecular weight excluding hydrogens is 280 g/mol. The number of thioether (sulfide) groups is 1. The lowest BCUT2D eigenvalue weighted by Crippen LogP contribution is -2.02. The largest absolute Gasteiger partial charge is 0.491 e. The summed E-state index contributed by atoms with van der Waals surface area (Å²) >= 11 is 7.59. The highest BCUT2D eigenvalue weighted by atomic mass is 35.5. The molecule has 100 valence electrons. The van der Waals surface area contributed by atoms with Crippen molar-refractivity contribution < 1.29 is 4.74 Å². The van der Waals surface area contributed by atoms with Gasteiger partial charge in [0.2, 0.25) is 0 Å². The summed E-state index contributed by atoms with van der Waals surface area (Å²) in [6.45, 7) is 4.52. The lowest BCUT2D eigenvalue weighted by Gasteiger charge is -2.07. The number of para-hydroxylation sites is 1. The monoisotopic (exact) mass is 294 g/mol. The predicted molar refractivity (Wildman–Crippen MR) is 79.2 cm³/mol. The number of aromatic nitrogens is 2. The van der Waals surface area contributed by atoms with Gasteiger partial charge < -0.3 is 4.74 Å². The summed E-state index contributed by atoms with van der Waals surface area (Å²) in [6, 6.07) is 9.43. The summed E-state index contributed by atoms with van der Waals surface area (Å²) in [7, 11) is 0. The van der Waals surface area contributed by atoms with Crippen LogP contribution < -0.4 is 4.74 Å². The van der Waals surface area contributed by atoms with Gasteiger partial charge in [0.05, 0.1) is 11.6 Å². The van der Waals surface area contributed by atoms with Crippen molar-refractivity contribution in [2.45, 2.75) is 19.0 Å². The molecule has 2 aromatic rings. The first kappa shape index (κ1) is 14.2. The van der Waals surface area contributed by atoms with E-state index in [2.05, 4.69) is 9.97 Å². The maximum atomic E-state index is 6.01. The number of hydrogen-bond donors (Lipinski definition) is 0. The number of aryl methyl sites for hydroxylation is 2. The fraction of sp³-hybridized carbons (Fsp3) is 0.286. The fourth-order valence-corrected chi connectivity index (χ4v) is 2.56. The van der Waals surface area contributed by atoms with Gasteiger partial charge in [-0.2, -0.15) is 0 Å². The van der Waals surface area contributed by atoms with Gasteiger partial charge in [0.1, 0.15) is 5.75 Å². The van der Waals surface area contributed by atoms with Crippen molar-refractivity contribution in [3.8, 4) is 5.75 Å². The minimum Gasteiger partial charge on any atom is -0.491 e. The molecule has 0 saturated carbocycles. The van der Waals surface area contributed by atoms with Crippen LogP contribution in [-0.4, -0.2) is 22.3 Å². The van der Waals surface area contributed by atoms with Crippen LogP contribution in [0.5, 0.6) is 5.75 Å². The number of halogens is 1. The van der Waals surface area contributed by atoms with E-state index >= 15 is 0 Å². The summed E-state index contributed by atoms with van der Waals surface area (Å²) in [6.07, 6.45) is 0. The van der Waals surface area contributed by atoms with E-state index in [1.807, 2.05) is 44.2 Å². The summed E-state index contributed by atoms with van der Waals surface area (Å²) in [4.78, 5) is 8.73. The van der Waals surface area contributed by atoms with E-state index in [9.17, 15) is 0 Å². The van der Waals surface area contributed by atoms with Crippen molar-refractivity contribution >= 4 is 23.4 Å². The lowest BCUT2D eigenvalue weighted by atomic mass is 10.3. The van der Waals surface area contributed by atoms with Gasteiger partial charge in [0.15, 0.2) is 5.16 Å². The van der Waals surface area contributed by atoms with Crippen molar-refractivity contribution in [2.24, 2.45) is 0 Å². The van der Waals surface area contributed by atoms with Gasteiger partial charge in [-0.05, 0) is 32.0 Å². The second-order valence-electron chi connectivity index (χ2n) is 4.06. The molecule has 0 N–H and O–H groups in total. The smallest absolute Gasteiger partial charge is 0.188 e. The average Bonchev–Trinajstić information content (AvgIpc) is 2.35. The predicted octanol–water partition coefficient (Wildman–Crippen LogP) is 3.92. The maximum Gasteiger partial charge on any atom is 0.188 e. The highest BCUT2D eigenvalue weighted by Crippen LogP contribution is 2.23. The molecule has 0 aliphatic rings. The molecule has 0 unspecified atom stereocenters. The van der Waals surface area contributed by atoms with Crippen LogP contribution in [0.15, 0.2) is 35.5 Å². The van der Waals surface area contributed by atoms with Crippen LogP contribution >= 0.6 is 23.4 Å². The quantitative estimate of drug-likeness (QED) is 0.476. The molecule has 0 bridgehead atoms. The molecule has 0 spiro atoms. The van der Waals surface area contributed by atoms with Gasteiger partial charge in [-0.15, -0.1) is 0 Å². The van der Waals surface area contributed by atoms with Crippen molar-refractivity contribution in [2.75, 3.05) is 12.4 Å². The Kier molecular flexibility index (Phi) is 5.05. The van der Waals surface area contributed by atoms with Gasteiger partial charge in [0, 0.05) is 17.1 Å². The zero-order valence-corrected chi connectivity index (χ0v) is 12.5. The maximum absolute atomic E-state index is 6.01. The van der Waals surface area contributed by atoms with Crippen molar-refractivity contribution in [1.82, 2.24) is 9.97 Å². The van der Waals surface area contributed by atoms with E-state index in [0.29, 0.717) is 17.4 Å². The second-order valence-corrected chi connectivity index (χ2v) is 5.53. The van der Waals surface area contributed by atoms with E-state index in [1.165, 1.54) is 0 Å². The second kappa shape index (κ2) is 6.78. The third-order valence-electron chi connectivity index (χ3n) is 2.37. The van der Waals surface area contributed by atoms with E-state index in [-0.39, 0.29) is 0 Å². The molecule has 1 aromatic carbocycles. The summed E-state index contributed by atoms with van der Waals surface area (Å²) in [5.41, 5.74) is 1.98. The number of rotatable bonds is 5. The molecule has 3 nitrogen and oxygen atoms in total. The lowest BCUT2D eigenvalue weighted by molar-refractivity contribution is 0.344. The van der Waals surface area contributed by atoms with Crippen LogP contribution in [0.3, 0.4) is 0 Å². The zero-order valence-electron chi connectivity index (χ0n) is 10.9. The van der Waals surface area contributed by atoms with E-state index in [4.69, 9.17) is 16.3 Å². The Balaban J connectivity index is 1.82. The molecule has 0 radical (unpaired) electrons. The minimum absolute atomic E-state index is 0.574. The Labute approximate surface area is 122 Å². The normalized spacial score (nSPS) is 10.5. The number of hydrogen-bond acceptors (Lipinski definition) is 4. The number of ether oxygens (including phenoxy) is 1. The third-order valence-corrected chi connectivity index (χ3v) is 3.49. The molecule has 1 heterocycles. The summed E-state index contributed by atoms with van der Waals surface area (Å²) < 4.78 is 5.61. The van der Waals surface area contributed by atoms with Crippen LogP contribution in [0.4, 0.5) is 0 Å². The zero-order chi connectivity index (χ0) is 13.7. The molecule has 5 heteroatoms. The highest BCUT2D eigenvalue weighted by Gasteiger charge is 2.02. The van der Waals surface area contributed by atoms with Crippen molar-refractivity contribution in [3.63, 3.8) is 0 Å². The topological polar surface area (TPSA) is 35.0 Å². The van der Waals surface area contributed by atoms with Crippen LogP contribution in [0.25, 0.3) is 0 Å². The molecule has 19 heavy (non-hydrogen) atoms. The molecule has 0 aliphatic heterocycles. The molecular formula is C14H15ClN2OS. The van der Waals surface area contributed by atoms with Crippen LogP contribution in [0.1, 0.15) is 11.4 Å². The van der Waals surface area contributed by atoms with Crippen molar-refractivity contribution in [3.05, 3.63) is 46.7 Å². The van der Waals surface area contributed by atoms with Gasteiger partial charge in [-0.25, -0.2) is 9.97 Å². The van der Waals surface area contributed by atoms with E-state index in [0.717, 1.165) is 22.3 Å². The third kappa shape index (κ3) is 4.40. The van der Waals surface area contributed by atoms with E-state index < -0.39 is 0 Å². The first-order chi connectivity index (χ1) is 9.15. The molecule has 0 saturated heterocycles. The number of nitrogens with zero attached hydrogens (tertiary/aromatic N) is 2. The Hall–Kier alpha value is -1.26. The molecule has 0 atom stereocenters. The highest BCUT2D eigenvalue weighted by molar-refractivity contribution is 7.99. The Morgan fingerprint density at radius 1 is 1.16 bits per heavy atom. The van der Waals surface area contributed by atoms with Crippen LogP contribution in [0.2, 0.25) is 5.02 Å². The van der Waals surface area contributed by atoms with E-state index in [1.54, 1.807) is 11.8 Å². The number of benzene rings is 1. The van der Waals surface area contributed by atoms with Gasteiger partial charge in [-0.1, -0.05) is 35.5 Å². The van der Waals surface area contributed by atoms with Crippen molar-refractivity contribution in [1.29, 1.82) is 0 Å². The van der Waals surface area contributed by atoms with Gasteiger partial charge in [-0.3, -0.25) is 0 Å².